The summed E-state index contributed by atoms with van der Waals surface area (Å²) in [6.07, 6.45) is 4.82. The van der Waals surface area contributed by atoms with Crippen molar-refractivity contribution in [2.75, 3.05) is 23.8 Å². The Morgan fingerprint density at radius 2 is 1.84 bits per heavy atom. The van der Waals surface area contributed by atoms with Crippen LogP contribution in [-0.2, 0) is 9.53 Å². The summed E-state index contributed by atoms with van der Waals surface area (Å²) < 4.78 is 49.7. The quantitative estimate of drug-likeness (QED) is 0.381. The van der Waals surface area contributed by atoms with E-state index in [1.54, 1.807) is 11.5 Å². The normalized spacial score (nSPS) is 22.8. The van der Waals surface area contributed by atoms with Crippen molar-refractivity contribution in [2.24, 2.45) is 21.6 Å². The summed E-state index contributed by atoms with van der Waals surface area (Å²) in [6.45, 7) is 6.70. The van der Waals surface area contributed by atoms with Gasteiger partial charge in [0.05, 0.1) is 11.7 Å². The van der Waals surface area contributed by atoms with Gasteiger partial charge in [-0.2, -0.15) is 0 Å². The Hall–Kier alpha value is -3.41. The number of anilines is 3. The molecule has 1 amide bonds. The lowest BCUT2D eigenvalue weighted by atomic mass is 9.85. The molecule has 4 rings (SSSR count). The molecule has 1 unspecified atom stereocenters. The number of nitrogens with two attached hydrogens (primary N) is 1. The van der Waals surface area contributed by atoms with E-state index in [4.69, 9.17) is 15.5 Å². The highest BCUT2D eigenvalue weighted by atomic mass is 19.1. The van der Waals surface area contributed by atoms with Gasteiger partial charge in [0.1, 0.15) is 17.3 Å². The number of carbonyl (C=O) groups excluding carboxylic acids is 1. The fourth-order valence-electron chi connectivity index (χ4n) is 4.94. The van der Waals surface area contributed by atoms with Crippen LogP contribution in [0.5, 0.6) is 0 Å². The average Bonchev–Trinajstić information content (AvgIpc) is 3.00. The van der Waals surface area contributed by atoms with Crippen LogP contribution < -0.4 is 16.4 Å². The van der Waals surface area contributed by atoms with Crippen LogP contribution in [0.15, 0.2) is 22.1 Å². The molecule has 2 fully saturated rings. The van der Waals surface area contributed by atoms with Crippen LogP contribution in [0.2, 0.25) is 0 Å². The van der Waals surface area contributed by atoms with E-state index in [0.29, 0.717) is 68.5 Å². The van der Waals surface area contributed by atoms with E-state index in [9.17, 15) is 18.0 Å². The molecule has 37 heavy (non-hydrogen) atoms. The predicted octanol–water partition coefficient (Wildman–Crippen LogP) is 4.61. The first-order valence-corrected chi connectivity index (χ1v) is 12.5. The van der Waals surface area contributed by atoms with Crippen molar-refractivity contribution >= 4 is 36.0 Å². The van der Waals surface area contributed by atoms with Crippen molar-refractivity contribution in [2.45, 2.75) is 64.0 Å². The third-order valence-electron chi connectivity index (χ3n) is 6.90. The number of aliphatic imine (C=N–C) groups is 2. The van der Waals surface area contributed by atoms with Gasteiger partial charge in [-0.1, -0.05) is 0 Å². The number of nitrogens with one attached hydrogen (secondary N) is 2. The number of ether oxygens (including phenoxy) is 1. The summed E-state index contributed by atoms with van der Waals surface area (Å²) in [4.78, 5) is 25.0. The van der Waals surface area contributed by atoms with Crippen molar-refractivity contribution in [3.8, 4) is 0 Å². The second kappa shape index (κ2) is 11.8. The van der Waals surface area contributed by atoms with E-state index in [0.717, 1.165) is 19.3 Å². The Kier molecular flexibility index (Phi) is 8.47. The average molecular weight is 520 g/mol. The van der Waals surface area contributed by atoms with Gasteiger partial charge in [0, 0.05) is 37.3 Å². The number of nitrogens with zero attached hydrogens (tertiary/aromatic N) is 4. The zero-order valence-corrected chi connectivity index (χ0v) is 20.8. The monoisotopic (exact) mass is 519 g/mol. The molecule has 2 aromatic rings. The standard InChI is InChI=1S/C25H32F3N7O2/c1-14-23(34-24(30-2)32-17-4-3-10-37-11-9-17)35(18-7-5-15(6-8-18)22(29)36)25(31-14)33-21-19(27)12-16(26)13-20(21)28/h12-13,15,17-18H,2-11H2,1H3,(H2,29,36)(H,31,33)(H,32,34). The molecule has 0 bridgehead atoms. The third-order valence-corrected chi connectivity index (χ3v) is 6.90. The predicted molar refractivity (Wildman–Crippen MR) is 136 cm³/mol. The maximum absolute atomic E-state index is 14.5. The van der Waals surface area contributed by atoms with Gasteiger partial charge < -0.3 is 21.1 Å². The zero-order valence-electron chi connectivity index (χ0n) is 20.8. The highest BCUT2D eigenvalue weighted by Gasteiger charge is 2.30. The molecule has 2 aliphatic rings. The van der Waals surface area contributed by atoms with Crippen molar-refractivity contribution < 1.29 is 22.7 Å². The number of rotatable bonds is 6. The highest BCUT2D eigenvalue weighted by Crippen LogP contribution is 2.39. The SMILES string of the molecule is C=NC(=NC1CCCOCC1)Nc1c(C)nc(Nc2c(F)cc(F)cc2F)n1C1CCC(C(N)=O)CC1. The Morgan fingerprint density at radius 3 is 2.49 bits per heavy atom. The largest absolute Gasteiger partial charge is 0.381 e. The number of benzene rings is 1. The van der Waals surface area contributed by atoms with Crippen LogP contribution >= 0.6 is 0 Å². The summed E-state index contributed by atoms with van der Waals surface area (Å²) in [6, 6.07) is 1.06. The molecule has 2 heterocycles. The third kappa shape index (κ3) is 6.30. The zero-order chi connectivity index (χ0) is 26.5. The lowest BCUT2D eigenvalue weighted by Gasteiger charge is -2.30. The lowest BCUT2D eigenvalue weighted by molar-refractivity contribution is -0.122. The molecule has 1 aromatic carbocycles. The van der Waals surface area contributed by atoms with Crippen molar-refractivity contribution in [1.82, 2.24) is 9.55 Å². The van der Waals surface area contributed by atoms with Crippen LogP contribution in [0, 0.1) is 30.3 Å². The fourth-order valence-corrected chi connectivity index (χ4v) is 4.94. The second-order valence-electron chi connectivity index (χ2n) is 9.45. The van der Waals surface area contributed by atoms with Crippen LogP contribution in [-0.4, -0.2) is 47.4 Å². The first kappa shape index (κ1) is 26.6. The van der Waals surface area contributed by atoms with Crippen molar-refractivity contribution in [3.63, 3.8) is 0 Å². The second-order valence-corrected chi connectivity index (χ2v) is 9.45. The molecular formula is C25H32F3N7O2. The Morgan fingerprint density at radius 1 is 1.14 bits per heavy atom. The van der Waals surface area contributed by atoms with Gasteiger partial charge in [-0.25, -0.2) is 28.1 Å². The summed E-state index contributed by atoms with van der Waals surface area (Å²) in [5, 5.41) is 5.92. The molecule has 1 aromatic heterocycles. The number of aromatic nitrogens is 2. The fraction of sp³-hybridized carbons (Fsp3) is 0.520. The number of aryl methyl sites for hydroxylation is 1. The summed E-state index contributed by atoms with van der Waals surface area (Å²) in [5.74, 6) is -2.76. The summed E-state index contributed by atoms with van der Waals surface area (Å²) >= 11 is 0. The number of imidazole rings is 1. The molecule has 1 saturated carbocycles. The summed E-state index contributed by atoms with van der Waals surface area (Å²) in [7, 11) is 0. The van der Waals surface area contributed by atoms with Gasteiger partial charge in [0.15, 0.2) is 11.6 Å². The Labute approximate surface area is 213 Å². The molecule has 1 aliphatic heterocycles. The molecule has 1 aliphatic carbocycles. The van der Waals surface area contributed by atoms with Gasteiger partial charge in [0.2, 0.25) is 17.8 Å². The molecule has 200 valence electrons. The van der Waals surface area contributed by atoms with Crippen LogP contribution in [0.1, 0.15) is 56.7 Å². The topological polar surface area (TPSA) is 119 Å². The van der Waals surface area contributed by atoms with E-state index < -0.39 is 23.1 Å². The number of hydrogen-bond donors (Lipinski definition) is 3. The van der Waals surface area contributed by atoms with E-state index in [1.165, 1.54) is 0 Å². The number of amides is 1. The first-order valence-electron chi connectivity index (χ1n) is 12.5. The van der Waals surface area contributed by atoms with Crippen LogP contribution in [0.3, 0.4) is 0 Å². The minimum absolute atomic E-state index is 0.0122. The van der Waals surface area contributed by atoms with Crippen molar-refractivity contribution in [1.29, 1.82) is 0 Å². The molecule has 1 atom stereocenters. The number of halogens is 3. The van der Waals surface area contributed by atoms with Crippen LogP contribution in [0.4, 0.5) is 30.6 Å². The number of primary amides is 1. The van der Waals surface area contributed by atoms with E-state index in [-0.39, 0.29) is 29.9 Å². The highest BCUT2D eigenvalue weighted by molar-refractivity contribution is 5.96. The van der Waals surface area contributed by atoms with Crippen molar-refractivity contribution in [3.05, 3.63) is 35.3 Å². The molecule has 9 nitrogen and oxygen atoms in total. The molecular weight excluding hydrogens is 487 g/mol. The maximum Gasteiger partial charge on any atom is 0.223 e. The first-order chi connectivity index (χ1) is 17.8. The molecule has 0 spiro atoms. The molecule has 0 radical (unpaired) electrons. The number of carbonyl (C=O) groups is 1. The smallest absolute Gasteiger partial charge is 0.223 e. The minimum atomic E-state index is -1.08. The van der Waals surface area contributed by atoms with Gasteiger partial charge in [0.25, 0.3) is 0 Å². The van der Waals surface area contributed by atoms with Crippen LogP contribution in [0.25, 0.3) is 0 Å². The maximum atomic E-state index is 14.5. The van der Waals surface area contributed by atoms with E-state index >= 15 is 0 Å². The van der Waals surface area contributed by atoms with Gasteiger partial charge >= 0.3 is 0 Å². The van der Waals surface area contributed by atoms with Gasteiger partial charge in [-0.3, -0.25) is 9.36 Å². The Bertz CT molecular complexity index is 1140. The minimum Gasteiger partial charge on any atom is -0.381 e. The van der Waals surface area contributed by atoms with Gasteiger partial charge in [-0.15, -0.1) is 0 Å². The summed E-state index contributed by atoms with van der Waals surface area (Å²) in [5.41, 5.74) is 5.52. The molecule has 4 N–H and O–H groups in total. The van der Waals surface area contributed by atoms with E-state index in [1.807, 2.05) is 0 Å². The lowest BCUT2D eigenvalue weighted by Crippen LogP contribution is -2.29. The number of guanidine groups is 1. The van der Waals surface area contributed by atoms with Gasteiger partial charge in [-0.05, 0) is 58.6 Å². The molecule has 1 saturated heterocycles. The number of hydrogen-bond acceptors (Lipinski definition) is 5. The molecule has 12 heteroatoms. The Balaban J connectivity index is 1.69. The van der Waals surface area contributed by atoms with E-state index in [2.05, 4.69) is 27.3 Å².